The van der Waals surface area contributed by atoms with Crippen molar-refractivity contribution in [1.82, 2.24) is 4.90 Å². The Morgan fingerprint density at radius 1 is 1.06 bits per heavy atom. The second-order valence-corrected chi connectivity index (χ2v) is 9.34. The molecule has 0 unspecified atom stereocenters. The Hall–Kier alpha value is -2.88. The first-order valence-corrected chi connectivity index (χ1v) is 11.6. The molecule has 1 amide bonds. The van der Waals surface area contributed by atoms with Crippen molar-refractivity contribution in [3.8, 4) is 16.2 Å². The highest BCUT2D eigenvalue weighted by molar-refractivity contribution is 9.10. The van der Waals surface area contributed by atoms with E-state index in [9.17, 15) is 19.5 Å². The number of nitrogens with zero attached hydrogens (tertiary/aromatic N) is 1. The van der Waals surface area contributed by atoms with Gasteiger partial charge in [0.05, 0.1) is 9.35 Å². The van der Waals surface area contributed by atoms with E-state index in [1.807, 2.05) is 36.4 Å². The standard InChI is InChI=1S/C23H19BrClNO6S/c1-13(27)26(10-14-5-7-17(25)8-6-14)11-15-3-2-4-16(9-15)21-19(24)20(32-12-18(28)29)22(33-21)23(30)31/h2-9H,10-12H2,1H3,(H,28,29)(H,30,31). The molecule has 0 radical (unpaired) electrons. The normalized spacial score (nSPS) is 10.6. The number of hydrogen-bond donors (Lipinski definition) is 2. The van der Waals surface area contributed by atoms with Crippen LogP contribution in [0.2, 0.25) is 5.02 Å². The van der Waals surface area contributed by atoms with E-state index in [2.05, 4.69) is 15.9 Å². The second kappa shape index (κ2) is 10.8. The summed E-state index contributed by atoms with van der Waals surface area (Å²) in [7, 11) is 0. The number of carbonyl (C=O) groups excluding carboxylic acids is 1. The maximum absolute atomic E-state index is 12.2. The molecule has 0 saturated carbocycles. The van der Waals surface area contributed by atoms with Gasteiger partial charge in [-0.1, -0.05) is 41.9 Å². The number of ether oxygens (including phenoxy) is 1. The molecule has 2 N–H and O–H groups in total. The van der Waals surface area contributed by atoms with Gasteiger partial charge in [-0.2, -0.15) is 0 Å². The zero-order valence-corrected chi connectivity index (χ0v) is 20.5. The molecule has 0 bridgehead atoms. The Kier molecular flexibility index (Phi) is 8.12. The number of aromatic carboxylic acids is 1. The minimum atomic E-state index is -1.21. The fourth-order valence-corrected chi connectivity index (χ4v) is 5.12. The number of carbonyl (C=O) groups is 3. The maximum Gasteiger partial charge on any atom is 0.349 e. The smallest absolute Gasteiger partial charge is 0.349 e. The van der Waals surface area contributed by atoms with Gasteiger partial charge in [0.25, 0.3) is 0 Å². The third-order valence-corrected chi connectivity index (χ3v) is 7.12. The first-order valence-electron chi connectivity index (χ1n) is 9.65. The van der Waals surface area contributed by atoms with Crippen LogP contribution in [0.25, 0.3) is 10.4 Å². The van der Waals surface area contributed by atoms with Crippen LogP contribution in [-0.4, -0.2) is 39.6 Å². The molecule has 1 heterocycles. The van der Waals surface area contributed by atoms with Crippen molar-refractivity contribution in [2.45, 2.75) is 20.0 Å². The number of carboxylic acids is 2. The number of rotatable bonds is 9. The van der Waals surface area contributed by atoms with Crippen molar-refractivity contribution in [3.63, 3.8) is 0 Å². The van der Waals surface area contributed by atoms with E-state index in [0.29, 0.717) is 33.0 Å². The van der Waals surface area contributed by atoms with Crippen LogP contribution in [-0.2, 0) is 22.7 Å². The summed E-state index contributed by atoms with van der Waals surface area (Å²) in [5.74, 6) is -2.54. The van der Waals surface area contributed by atoms with Crippen LogP contribution >= 0.6 is 38.9 Å². The monoisotopic (exact) mass is 551 g/mol. The Labute approximate surface area is 207 Å². The summed E-state index contributed by atoms with van der Waals surface area (Å²) in [4.78, 5) is 36.9. The topological polar surface area (TPSA) is 104 Å². The Morgan fingerprint density at radius 3 is 2.33 bits per heavy atom. The van der Waals surface area contributed by atoms with E-state index < -0.39 is 18.5 Å². The molecule has 10 heteroatoms. The van der Waals surface area contributed by atoms with Crippen molar-refractivity contribution in [1.29, 1.82) is 0 Å². The molecule has 2 aromatic carbocycles. The molecule has 0 spiro atoms. The fraction of sp³-hybridized carbons (Fsp3) is 0.174. The molecule has 33 heavy (non-hydrogen) atoms. The van der Waals surface area contributed by atoms with Crippen LogP contribution < -0.4 is 4.74 Å². The Balaban J connectivity index is 1.88. The first kappa shape index (κ1) is 24.8. The zero-order valence-electron chi connectivity index (χ0n) is 17.4. The number of hydrogen-bond acceptors (Lipinski definition) is 5. The molecular weight excluding hydrogens is 534 g/mol. The summed E-state index contributed by atoms with van der Waals surface area (Å²) in [6, 6.07) is 14.6. The van der Waals surface area contributed by atoms with E-state index in [0.717, 1.165) is 22.5 Å². The molecule has 172 valence electrons. The van der Waals surface area contributed by atoms with Crippen molar-refractivity contribution >= 4 is 56.7 Å². The number of halogens is 2. The third kappa shape index (κ3) is 6.34. The summed E-state index contributed by atoms with van der Waals surface area (Å²) in [6.45, 7) is 1.60. The molecule has 3 aromatic rings. The third-order valence-electron chi connectivity index (χ3n) is 4.64. The first-order chi connectivity index (χ1) is 15.7. The van der Waals surface area contributed by atoms with Crippen molar-refractivity contribution in [2.75, 3.05) is 6.61 Å². The summed E-state index contributed by atoms with van der Waals surface area (Å²) < 4.78 is 5.58. The van der Waals surface area contributed by atoms with Gasteiger partial charge in [-0.15, -0.1) is 11.3 Å². The predicted molar refractivity (Wildman–Crippen MR) is 129 cm³/mol. The summed E-state index contributed by atoms with van der Waals surface area (Å²) in [5, 5.41) is 19.0. The van der Waals surface area contributed by atoms with E-state index in [1.165, 1.54) is 6.92 Å². The minimum Gasteiger partial charge on any atom is -0.479 e. The van der Waals surface area contributed by atoms with E-state index in [4.69, 9.17) is 21.4 Å². The van der Waals surface area contributed by atoms with Gasteiger partial charge < -0.3 is 19.8 Å². The van der Waals surface area contributed by atoms with Crippen LogP contribution in [0.15, 0.2) is 53.0 Å². The molecule has 7 nitrogen and oxygen atoms in total. The maximum atomic E-state index is 12.2. The van der Waals surface area contributed by atoms with Crippen LogP contribution in [0.1, 0.15) is 27.7 Å². The van der Waals surface area contributed by atoms with Crippen LogP contribution in [0, 0.1) is 0 Å². The Morgan fingerprint density at radius 2 is 1.73 bits per heavy atom. The molecule has 0 fully saturated rings. The average molecular weight is 553 g/mol. The van der Waals surface area contributed by atoms with Gasteiger partial charge in [-0.05, 0) is 50.8 Å². The lowest BCUT2D eigenvalue weighted by Crippen LogP contribution is -2.27. The predicted octanol–water partition coefficient (Wildman–Crippen LogP) is 5.54. The molecule has 0 aliphatic rings. The van der Waals surface area contributed by atoms with Crippen LogP contribution in [0.3, 0.4) is 0 Å². The van der Waals surface area contributed by atoms with Crippen LogP contribution in [0.5, 0.6) is 5.75 Å². The number of aliphatic carboxylic acids is 1. The number of amides is 1. The summed E-state index contributed by atoms with van der Waals surface area (Å²) >= 11 is 10.3. The number of thiophene rings is 1. The molecule has 0 aliphatic heterocycles. The van der Waals surface area contributed by atoms with Gasteiger partial charge in [0.15, 0.2) is 17.2 Å². The van der Waals surface area contributed by atoms with E-state index >= 15 is 0 Å². The molecular formula is C23H19BrClNO6S. The lowest BCUT2D eigenvalue weighted by Gasteiger charge is -2.21. The number of benzene rings is 2. The SMILES string of the molecule is CC(=O)N(Cc1ccc(Cl)cc1)Cc1cccc(-c2sc(C(=O)O)c(OCC(=O)O)c2Br)c1. The lowest BCUT2D eigenvalue weighted by atomic mass is 10.1. The second-order valence-electron chi connectivity index (χ2n) is 7.09. The highest BCUT2D eigenvalue weighted by Gasteiger charge is 2.24. The molecule has 1 aromatic heterocycles. The average Bonchev–Trinajstić information content (AvgIpc) is 3.10. The Bertz CT molecular complexity index is 1190. The van der Waals surface area contributed by atoms with Gasteiger partial charge in [-0.3, -0.25) is 4.79 Å². The highest BCUT2D eigenvalue weighted by atomic mass is 79.9. The van der Waals surface area contributed by atoms with Gasteiger partial charge in [-0.25, -0.2) is 9.59 Å². The van der Waals surface area contributed by atoms with Gasteiger partial charge in [0.2, 0.25) is 5.91 Å². The zero-order chi connectivity index (χ0) is 24.1. The van der Waals surface area contributed by atoms with Crippen LogP contribution in [0.4, 0.5) is 0 Å². The molecule has 0 atom stereocenters. The van der Waals surface area contributed by atoms with Crippen molar-refractivity contribution in [2.24, 2.45) is 0 Å². The van der Waals surface area contributed by atoms with Gasteiger partial charge in [0.1, 0.15) is 0 Å². The minimum absolute atomic E-state index is 0.0246. The lowest BCUT2D eigenvalue weighted by molar-refractivity contribution is -0.139. The molecule has 0 aliphatic carbocycles. The highest BCUT2D eigenvalue weighted by Crippen LogP contribution is 2.45. The molecule has 3 rings (SSSR count). The van der Waals surface area contributed by atoms with Crippen molar-refractivity contribution in [3.05, 3.63) is 74.0 Å². The summed E-state index contributed by atoms with van der Waals surface area (Å²) in [5.41, 5.74) is 2.51. The quantitative estimate of drug-likeness (QED) is 0.361. The molecule has 0 saturated heterocycles. The van der Waals surface area contributed by atoms with E-state index in [1.54, 1.807) is 17.0 Å². The number of carboxylic acid groups (broad SMARTS) is 2. The van der Waals surface area contributed by atoms with Gasteiger partial charge in [0, 0.05) is 25.0 Å². The van der Waals surface area contributed by atoms with Crippen molar-refractivity contribution < 1.29 is 29.3 Å². The van der Waals surface area contributed by atoms with Gasteiger partial charge >= 0.3 is 11.9 Å². The van der Waals surface area contributed by atoms with E-state index in [-0.39, 0.29) is 16.5 Å². The summed E-state index contributed by atoms with van der Waals surface area (Å²) in [6.07, 6.45) is 0. The largest absolute Gasteiger partial charge is 0.479 e. The fourth-order valence-electron chi connectivity index (χ4n) is 3.11.